The van der Waals surface area contributed by atoms with Crippen molar-refractivity contribution in [2.24, 2.45) is 0 Å². The van der Waals surface area contributed by atoms with Gasteiger partial charge < -0.3 is 0 Å². The van der Waals surface area contributed by atoms with Crippen LogP contribution in [0.3, 0.4) is 0 Å². The molecule has 0 rings (SSSR count). The first-order valence-corrected chi connectivity index (χ1v) is 5.49. The zero-order valence-electron chi connectivity index (χ0n) is 9.01. The van der Waals surface area contributed by atoms with Crippen molar-refractivity contribution in [1.82, 2.24) is 0 Å². The Balaban J connectivity index is 3.48. The van der Waals surface area contributed by atoms with Crippen LogP contribution in [-0.2, 0) is 4.79 Å². The van der Waals surface area contributed by atoms with E-state index in [0.717, 1.165) is 31.1 Å². The molecule has 1 nitrogen and oxygen atoms in total. The van der Waals surface area contributed by atoms with Crippen LogP contribution in [0.4, 0.5) is 0 Å². The van der Waals surface area contributed by atoms with Gasteiger partial charge in [0.15, 0.2) is 0 Å². The molecule has 0 N–H and O–H groups in total. The molecule has 0 aliphatic heterocycles. The van der Waals surface area contributed by atoms with E-state index in [4.69, 9.17) is 0 Å². The molecule has 76 valence electrons. The number of carbonyl (C=O) groups is 1. The number of allylic oxidation sites excluding steroid dienone is 2. The van der Waals surface area contributed by atoms with Gasteiger partial charge in [-0.25, -0.2) is 0 Å². The predicted octanol–water partition coefficient (Wildman–Crippen LogP) is 3.88. The second kappa shape index (κ2) is 9.50. The van der Waals surface area contributed by atoms with Crippen molar-refractivity contribution < 1.29 is 4.79 Å². The van der Waals surface area contributed by atoms with Crippen molar-refractivity contribution in [3.63, 3.8) is 0 Å². The van der Waals surface area contributed by atoms with Gasteiger partial charge in [0.25, 0.3) is 0 Å². The van der Waals surface area contributed by atoms with E-state index in [1.807, 2.05) is 0 Å². The number of unbranched alkanes of at least 4 members (excludes halogenated alkanes) is 4. The van der Waals surface area contributed by atoms with Crippen LogP contribution < -0.4 is 0 Å². The lowest BCUT2D eigenvalue weighted by Gasteiger charge is -1.97. The van der Waals surface area contributed by atoms with Gasteiger partial charge in [-0.15, -0.1) is 0 Å². The first-order chi connectivity index (χ1) is 6.35. The summed E-state index contributed by atoms with van der Waals surface area (Å²) >= 11 is 0. The number of carbonyl (C=O) groups excluding carboxylic acids is 1. The van der Waals surface area contributed by atoms with E-state index in [1.165, 1.54) is 25.7 Å². The second-order valence-corrected chi connectivity index (χ2v) is 3.50. The Kier molecular flexibility index (Phi) is 9.07. The normalized spacial score (nSPS) is 11.7. The van der Waals surface area contributed by atoms with Gasteiger partial charge in [-0.3, -0.25) is 4.79 Å². The lowest BCUT2D eigenvalue weighted by Crippen LogP contribution is -1.84. The molecule has 0 unspecified atom stereocenters. The van der Waals surface area contributed by atoms with Gasteiger partial charge in [0.1, 0.15) is 6.29 Å². The maximum Gasteiger partial charge on any atom is 0.145 e. The van der Waals surface area contributed by atoms with Crippen molar-refractivity contribution in [2.75, 3.05) is 0 Å². The first-order valence-electron chi connectivity index (χ1n) is 5.49. The summed E-state index contributed by atoms with van der Waals surface area (Å²) in [5.41, 5.74) is 0.985. The summed E-state index contributed by atoms with van der Waals surface area (Å²) in [4.78, 5) is 10.5. The summed E-state index contributed by atoms with van der Waals surface area (Å²) < 4.78 is 0. The quantitative estimate of drug-likeness (QED) is 0.316. The SMILES string of the molecule is CCCCCC/C=C(\C=O)CCC. The summed E-state index contributed by atoms with van der Waals surface area (Å²) in [6.07, 6.45) is 11.3. The molecule has 0 aromatic carbocycles. The first kappa shape index (κ1) is 12.4. The average molecular weight is 182 g/mol. The highest BCUT2D eigenvalue weighted by atomic mass is 16.1. The minimum atomic E-state index is 0.942. The molecular formula is C12H22O. The zero-order valence-corrected chi connectivity index (χ0v) is 9.01. The van der Waals surface area contributed by atoms with Gasteiger partial charge in [-0.05, 0) is 24.8 Å². The van der Waals surface area contributed by atoms with E-state index in [-0.39, 0.29) is 0 Å². The molecule has 0 saturated heterocycles. The fourth-order valence-corrected chi connectivity index (χ4v) is 1.36. The summed E-state index contributed by atoms with van der Waals surface area (Å²) in [6, 6.07) is 0. The largest absolute Gasteiger partial charge is 0.298 e. The molecule has 0 aliphatic rings. The topological polar surface area (TPSA) is 17.1 Å². The zero-order chi connectivity index (χ0) is 9.94. The Morgan fingerprint density at radius 2 is 1.85 bits per heavy atom. The summed E-state index contributed by atoms with van der Waals surface area (Å²) in [6.45, 7) is 4.32. The van der Waals surface area contributed by atoms with E-state index in [9.17, 15) is 4.79 Å². The molecule has 0 saturated carbocycles. The van der Waals surface area contributed by atoms with Gasteiger partial charge >= 0.3 is 0 Å². The van der Waals surface area contributed by atoms with E-state index >= 15 is 0 Å². The lowest BCUT2D eigenvalue weighted by molar-refractivity contribution is -0.105. The Morgan fingerprint density at radius 1 is 1.08 bits per heavy atom. The molecule has 0 aromatic rings. The summed E-state index contributed by atoms with van der Waals surface area (Å²) in [5.74, 6) is 0. The average Bonchev–Trinajstić information content (AvgIpc) is 2.16. The third-order valence-corrected chi connectivity index (χ3v) is 2.15. The smallest absolute Gasteiger partial charge is 0.145 e. The van der Waals surface area contributed by atoms with Crippen molar-refractivity contribution in [1.29, 1.82) is 0 Å². The number of aldehydes is 1. The Bertz CT molecular complexity index is 147. The van der Waals surface area contributed by atoms with Gasteiger partial charge in [0.05, 0.1) is 0 Å². The van der Waals surface area contributed by atoms with Crippen LogP contribution in [0.15, 0.2) is 11.6 Å². The molecule has 0 aliphatic carbocycles. The van der Waals surface area contributed by atoms with E-state index < -0.39 is 0 Å². The fraction of sp³-hybridized carbons (Fsp3) is 0.750. The van der Waals surface area contributed by atoms with Gasteiger partial charge in [-0.1, -0.05) is 45.6 Å². The summed E-state index contributed by atoms with van der Waals surface area (Å²) in [5, 5.41) is 0. The van der Waals surface area contributed by atoms with E-state index in [2.05, 4.69) is 19.9 Å². The highest BCUT2D eigenvalue weighted by Gasteiger charge is 1.92. The maximum absolute atomic E-state index is 10.5. The molecule has 0 amide bonds. The van der Waals surface area contributed by atoms with Crippen LogP contribution in [0.5, 0.6) is 0 Å². The van der Waals surface area contributed by atoms with E-state index in [0.29, 0.717) is 0 Å². The van der Waals surface area contributed by atoms with Crippen LogP contribution in [0.1, 0.15) is 58.8 Å². The number of hydrogen-bond acceptors (Lipinski definition) is 1. The fourth-order valence-electron chi connectivity index (χ4n) is 1.36. The number of rotatable bonds is 8. The van der Waals surface area contributed by atoms with Crippen molar-refractivity contribution in [2.45, 2.75) is 58.8 Å². The summed E-state index contributed by atoms with van der Waals surface area (Å²) in [7, 11) is 0. The molecule has 0 bridgehead atoms. The van der Waals surface area contributed by atoms with Crippen molar-refractivity contribution in [3.8, 4) is 0 Å². The standard InChI is InChI=1S/C12H22O/c1-3-5-6-7-8-10-12(11-13)9-4-2/h10-11H,3-9H2,1-2H3/b12-10-. The molecule has 0 atom stereocenters. The molecule has 1 heteroatoms. The van der Waals surface area contributed by atoms with Gasteiger partial charge in [0, 0.05) is 0 Å². The van der Waals surface area contributed by atoms with Crippen LogP contribution >= 0.6 is 0 Å². The van der Waals surface area contributed by atoms with Crippen LogP contribution in [-0.4, -0.2) is 6.29 Å². The molecule has 0 aromatic heterocycles. The Morgan fingerprint density at radius 3 is 2.38 bits per heavy atom. The highest BCUT2D eigenvalue weighted by Crippen LogP contribution is 2.07. The third kappa shape index (κ3) is 7.76. The molecular weight excluding hydrogens is 160 g/mol. The van der Waals surface area contributed by atoms with Crippen molar-refractivity contribution >= 4 is 6.29 Å². The van der Waals surface area contributed by atoms with Crippen LogP contribution in [0.2, 0.25) is 0 Å². The molecule has 0 heterocycles. The maximum atomic E-state index is 10.5. The number of hydrogen-bond donors (Lipinski definition) is 0. The van der Waals surface area contributed by atoms with Gasteiger partial charge in [0.2, 0.25) is 0 Å². The molecule has 0 fully saturated rings. The lowest BCUT2D eigenvalue weighted by atomic mass is 10.1. The molecule has 0 spiro atoms. The Hall–Kier alpha value is -0.590. The van der Waals surface area contributed by atoms with Gasteiger partial charge in [-0.2, -0.15) is 0 Å². The van der Waals surface area contributed by atoms with Crippen LogP contribution in [0, 0.1) is 0 Å². The monoisotopic (exact) mass is 182 g/mol. The Labute approximate surface area is 82.2 Å². The minimum Gasteiger partial charge on any atom is -0.298 e. The molecule has 0 radical (unpaired) electrons. The van der Waals surface area contributed by atoms with Crippen molar-refractivity contribution in [3.05, 3.63) is 11.6 Å². The third-order valence-electron chi connectivity index (χ3n) is 2.15. The predicted molar refractivity (Wildman–Crippen MR) is 57.8 cm³/mol. The van der Waals surface area contributed by atoms with Crippen LogP contribution in [0.25, 0.3) is 0 Å². The second-order valence-electron chi connectivity index (χ2n) is 3.50. The highest BCUT2D eigenvalue weighted by molar-refractivity contribution is 5.72. The minimum absolute atomic E-state index is 0.942. The molecule has 13 heavy (non-hydrogen) atoms. The van der Waals surface area contributed by atoms with E-state index in [1.54, 1.807) is 0 Å².